The molecular weight excluding hydrogens is 282 g/mol. The van der Waals surface area contributed by atoms with Crippen LogP contribution in [0.3, 0.4) is 0 Å². The van der Waals surface area contributed by atoms with Crippen molar-refractivity contribution < 1.29 is 23.1 Å². The quantitative estimate of drug-likeness (QED) is 0.795. The molecule has 0 aliphatic rings. The van der Waals surface area contributed by atoms with Crippen molar-refractivity contribution in [2.75, 3.05) is 6.61 Å². The Morgan fingerprint density at radius 2 is 1.85 bits per heavy atom. The van der Waals surface area contributed by atoms with Gasteiger partial charge in [0.05, 0.1) is 11.5 Å². The molecule has 1 aromatic carbocycles. The second-order valence-corrected chi connectivity index (χ2v) is 6.30. The lowest BCUT2D eigenvalue weighted by atomic mass is 10.1. The minimum atomic E-state index is -3.87. The summed E-state index contributed by atoms with van der Waals surface area (Å²) < 4.78 is 31.6. The molecule has 0 heterocycles. The first-order valence-electron chi connectivity index (χ1n) is 6.26. The molecule has 0 aliphatic carbocycles. The van der Waals surface area contributed by atoms with Crippen molar-refractivity contribution >= 4 is 16.0 Å². The third kappa shape index (κ3) is 4.21. The number of aliphatic carboxylic acids is 1. The number of benzene rings is 1. The molecule has 6 nitrogen and oxygen atoms in total. The summed E-state index contributed by atoms with van der Waals surface area (Å²) in [5.74, 6) is -0.996. The highest BCUT2D eigenvalue weighted by atomic mass is 32.2. The van der Waals surface area contributed by atoms with Crippen LogP contribution in [-0.4, -0.2) is 32.1 Å². The molecule has 0 aliphatic heterocycles. The van der Waals surface area contributed by atoms with Gasteiger partial charge in [-0.25, -0.2) is 8.42 Å². The summed E-state index contributed by atoms with van der Waals surface area (Å²) in [6.07, 6.45) is 0. The van der Waals surface area contributed by atoms with Crippen LogP contribution in [0.1, 0.15) is 20.8 Å². The van der Waals surface area contributed by atoms with Crippen LogP contribution < -0.4 is 9.46 Å². The lowest BCUT2D eigenvalue weighted by Crippen LogP contribution is -2.44. The molecule has 7 heteroatoms. The van der Waals surface area contributed by atoms with Gasteiger partial charge in [0.1, 0.15) is 11.8 Å². The molecule has 0 saturated heterocycles. The molecule has 0 aromatic heterocycles. The minimum Gasteiger partial charge on any atom is -0.494 e. The molecule has 0 unspecified atom stereocenters. The molecule has 0 radical (unpaired) electrons. The summed E-state index contributed by atoms with van der Waals surface area (Å²) in [4.78, 5) is 11.0. The maximum atomic E-state index is 12.1. The van der Waals surface area contributed by atoms with Gasteiger partial charge < -0.3 is 9.84 Å². The molecule has 2 N–H and O–H groups in total. The Hall–Kier alpha value is -1.60. The van der Waals surface area contributed by atoms with Crippen LogP contribution >= 0.6 is 0 Å². The molecule has 0 fully saturated rings. The van der Waals surface area contributed by atoms with Gasteiger partial charge in [-0.1, -0.05) is 13.8 Å². The Balaban J connectivity index is 2.95. The van der Waals surface area contributed by atoms with E-state index in [1.807, 2.05) is 6.92 Å². The lowest BCUT2D eigenvalue weighted by Gasteiger charge is -2.18. The van der Waals surface area contributed by atoms with E-state index in [1.54, 1.807) is 13.8 Å². The standard InChI is InChI=1S/C13H19NO5S/c1-4-19-10-5-7-11(8-6-10)20(17,18)14-12(9(2)3)13(15)16/h5-9,12,14H,4H2,1-3H3,(H,15,16)/t12-/m1/s1. The molecular formula is C13H19NO5S. The van der Waals surface area contributed by atoms with Crippen molar-refractivity contribution in [1.82, 2.24) is 4.72 Å². The summed E-state index contributed by atoms with van der Waals surface area (Å²) in [5, 5.41) is 9.02. The smallest absolute Gasteiger partial charge is 0.322 e. The van der Waals surface area contributed by atoms with E-state index in [-0.39, 0.29) is 10.8 Å². The zero-order chi connectivity index (χ0) is 15.3. The van der Waals surface area contributed by atoms with E-state index in [1.165, 1.54) is 24.3 Å². The number of rotatable bonds is 7. The first kappa shape index (κ1) is 16.5. The number of sulfonamides is 1. The molecule has 0 bridgehead atoms. The maximum absolute atomic E-state index is 12.1. The maximum Gasteiger partial charge on any atom is 0.322 e. The van der Waals surface area contributed by atoms with Crippen molar-refractivity contribution in [2.24, 2.45) is 5.92 Å². The van der Waals surface area contributed by atoms with Gasteiger partial charge in [0.2, 0.25) is 10.0 Å². The highest BCUT2D eigenvalue weighted by molar-refractivity contribution is 7.89. The monoisotopic (exact) mass is 301 g/mol. The van der Waals surface area contributed by atoms with Crippen LogP contribution in [0.25, 0.3) is 0 Å². The van der Waals surface area contributed by atoms with E-state index >= 15 is 0 Å². The topological polar surface area (TPSA) is 92.7 Å². The Bertz CT molecular complexity index is 551. The zero-order valence-electron chi connectivity index (χ0n) is 11.7. The van der Waals surface area contributed by atoms with Gasteiger partial charge >= 0.3 is 5.97 Å². The van der Waals surface area contributed by atoms with E-state index in [2.05, 4.69) is 4.72 Å². The first-order valence-corrected chi connectivity index (χ1v) is 7.74. The summed E-state index contributed by atoms with van der Waals surface area (Å²) in [5.41, 5.74) is 0. The molecule has 1 aromatic rings. The van der Waals surface area contributed by atoms with Crippen molar-refractivity contribution in [3.8, 4) is 5.75 Å². The van der Waals surface area contributed by atoms with E-state index in [0.717, 1.165) is 0 Å². The van der Waals surface area contributed by atoms with E-state index in [4.69, 9.17) is 9.84 Å². The average molecular weight is 301 g/mol. The highest BCUT2D eigenvalue weighted by Gasteiger charge is 2.27. The lowest BCUT2D eigenvalue weighted by molar-refractivity contribution is -0.140. The normalized spacial score (nSPS) is 13.2. The van der Waals surface area contributed by atoms with Gasteiger partial charge in [-0.05, 0) is 37.1 Å². The Kier molecular flexibility index (Phi) is 5.52. The van der Waals surface area contributed by atoms with Gasteiger partial charge in [0, 0.05) is 0 Å². The number of carboxylic acids is 1. The first-order chi connectivity index (χ1) is 9.27. The summed E-state index contributed by atoms with van der Waals surface area (Å²) in [6, 6.07) is 4.66. The molecule has 0 amide bonds. The van der Waals surface area contributed by atoms with Crippen LogP contribution in [0.15, 0.2) is 29.2 Å². The van der Waals surface area contributed by atoms with Crippen LogP contribution in [0.4, 0.5) is 0 Å². The third-order valence-corrected chi connectivity index (χ3v) is 4.12. The highest BCUT2D eigenvalue weighted by Crippen LogP contribution is 2.17. The fourth-order valence-electron chi connectivity index (χ4n) is 1.59. The van der Waals surface area contributed by atoms with Gasteiger partial charge in [0.25, 0.3) is 0 Å². The van der Waals surface area contributed by atoms with E-state index < -0.39 is 22.0 Å². The van der Waals surface area contributed by atoms with Gasteiger partial charge in [-0.3, -0.25) is 4.79 Å². The van der Waals surface area contributed by atoms with Gasteiger partial charge in [-0.15, -0.1) is 0 Å². The van der Waals surface area contributed by atoms with Crippen LogP contribution in [0.2, 0.25) is 0 Å². The van der Waals surface area contributed by atoms with Crippen LogP contribution in [-0.2, 0) is 14.8 Å². The second-order valence-electron chi connectivity index (χ2n) is 4.59. The predicted molar refractivity (Wildman–Crippen MR) is 74.2 cm³/mol. The fourth-order valence-corrected chi connectivity index (χ4v) is 2.93. The summed E-state index contributed by atoms with van der Waals surface area (Å²) in [7, 11) is -3.87. The number of nitrogens with one attached hydrogen (secondary N) is 1. The van der Waals surface area contributed by atoms with Crippen LogP contribution in [0.5, 0.6) is 5.75 Å². The van der Waals surface area contributed by atoms with Crippen molar-refractivity contribution in [2.45, 2.75) is 31.7 Å². The number of hydrogen-bond acceptors (Lipinski definition) is 4. The number of carbonyl (C=O) groups is 1. The number of carboxylic acid groups (broad SMARTS) is 1. The second kappa shape index (κ2) is 6.71. The third-order valence-electron chi connectivity index (χ3n) is 2.66. The molecule has 0 spiro atoms. The predicted octanol–water partition coefficient (Wildman–Crippen LogP) is 1.47. The summed E-state index contributed by atoms with van der Waals surface area (Å²) >= 11 is 0. The molecule has 0 saturated carbocycles. The van der Waals surface area contributed by atoms with E-state index in [0.29, 0.717) is 12.4 Å². The SMILES string of the molecule is CCOc1ccc(S(=O)(=O)N[C@@H](C(=O)O)C(C)C)cc1. The average Bonchev–Trinajstić information content (AvgIpc) is 2.36. The largest absolute Gasteiger partial charge is 0.494 e. The Morgan fingerprint density at radius 1 is 1.30 bits per heavy atom. The van der Waals surface area contributed by atoms with Crippen molar-refractivity contribution in [3.05, 3.63) is 24.3 Å². The van der Waals surface area contributed by atoms with Crippen molar-refractivity contribution in [3.63, 3.8) is 0 Å². The molecule has 20 heavy (non-hydrogen) atoms. The molecule has 1 atom stereocenters. The fraction of sp³-hybridized carbons (Fsp3) is 0.462. The number of hydrogen-bond donors (Lipinski definition) is 2. The molecule has 1 rings (SSSR count). The van der Waals surface area contributed by atoms with E-state index in [9.17, 15) is 13.2 Å². The van der Waals surface area contributed by atoms with Crippen molar-refractivity contribution in [1.29, 1.82) is 0 Å². The number of ether oxygens (including phenoxy) is 1. The Labute approximate surface area is 118 Å². The molecule has 112 valence electrons. The van der Waals surface area contributed by atoms with Gasteiger partial charge in [-0.2, -0.15) is 4.72 Å². The van der Waals surface area contributed by atoms with Gasteiger partial charge in [0.15, 0.2) is 0 Å². The minimum absolute atomic E-state index is 0.00727. The summed E-state index contributed by atoms with van der Waals surface area (Å²) in [6.45, 7) is 5.59. The zero-order valence-corrected chi connectivity index (χ0v) is 12.5. The van der Waals surface area contributed by atoms with Crippen LogP contribution in [0, 0.1) is 5.92 Å². The Morgan fingerprint density at radius 3 is 2.25 bits per heavy atom.